The lowest BCUT2D eigenvalue weighted by atomic mass is 10.1. The molecule has 0 bridgehead atoms. The van der Waals surface area contributed by atoms with Crippen molar-refractivity contribution in [1.82, 2.24) is 9.97 Å². The minimum Gasteiger partial charge on any atom is -0.507 e. The molecular formula is C22H22N4O4S. The van der Waals surface area contributed by atoms with Gasteiger partial charge in [0.25, 0.3) is 0 Å². The van der Waals surface area contributed by atoms with Crippen molar-refractivity contribution in [3.05, 3.63) is 65.8 Å². The van der Waals surface area contributed by atoms with Crippen LogP contribution in [0.1, 0.15) is 5.56 Å². The smallest absolute Gasteiger partial charge is 0.219 e. The van der Waals surface area contributed by atoms with Gasteiger partial charge < -0.3 is 20.5 Å². The van der Waals surface area contributed by atoms with E-state index in [1.54, 1.807) is 42.7 Å². The Bertz CT molecular complexity index is 1200. The molecule has 0 radical (unpaired) electrons. The van der Waals surface area contributed by atoms with Crippen LogP contribution in [0, 0.1) is 0 Å². The first-order valence-corrected chi connectivity index (χ1v) is 11.2. The number of rotatable bonds is 5. The van der Waals surface area contributed by atoms with Gasteiger partial charge in [0.2, 0.25) is 5.95 Å². The second-order valence-corrected chi connectivity index (χ2v) is 8.89. The minimum atomic E-state index is -3.79. The van der Waals surface area contributed by atoms with Gasteiger partial charge in [0.05, 0.1) is 18.1 Å². The van der Waals surface area contributed by atoms with Gasteiger partial charge in [0.1, 0.15) is 5.75 Å². The van der Waals surface area contributed by atoms with Crippen LogP contribution in [0.2, 0.25) is 0 Å². The molecule has 3 aromatic rings. The number of aromatic nitrogens is 2. The van der Waals surface area contributed by atoms with Gasteiger partial charge in [-0.3, -0.25) is 0 Å². The molecule has 1 aliphatic heterocycles. The lowest BCUT2D eigenvalue weighted by molar-refractivity contribution is 0.122. The van der Waals surface area contributed by atoms with Crippen molar-refractivity contribution in [2.45, 2.75) is 4.90 Å². The van der Waals surface area contributed by atoms with E-state index < -0.39 is 9.84 Å². The van der Waals surface area contributed by atoms with E-state index in [0.717, 1.165) is 11.1 Å². The third kappa shape index (κ3) is 4.84. The number of ether oxygens (including phenoxy) is 1. The van der Waals surface area contributed by atoms with Crippen LogP contribution < -0.4 is 10.6 Å². The fourth-order valence-corrected chi connectivity index (χ4v) is 4.33. The summed E-state index contributed by atoms with van der Waals surface area (Å²) in [5, 5.41) is 11.0. The van der Waals surface area contributed by atoms with Crippen LogP contribution in [-0.4, -0.2) is 49.8 Å². The number of sulfone groups is 1. The molecule has 1 aromatic heterocycles. The standard InChI is InChI=1S/C22H22N4O4S/c23-22-24-14-18(15-25-22)17-11-19(26-6-8-30-9-7-26)13-20(12-17)31(28,29)10-5-16-3-1-2-4-21(16)27/h1-5,10-15,27H,6-9H2,(H2,23,24,25)/b10-5+. The van der Waals surface area contributed by atoms with Gasteiger partial charge >= 0.3 is 0 Å². The zero-order valence-electron chi connectivity index (χ0n) is 16.7. The summed E-state index contributed by atoms with van der Waals surface area (Å²) >= 11 is 0. The quantitative estimate of drug-likeness (QED) is 0.624. The summed E-state index contributed by atoms with van der Waals surface area (Å²) in [4.78, 5) is 10.2. The number of nitrogens with zero attached hydrogens (tertiary/aromatic N) is 3. The summed E-state index contributed by atoms with van der Waals surface area (Å²) in [6.07, 6.45) is 4.52. The molecule has 1 fully saturated rings. The van der Waals surface area contributed by atoms with Crippen LogP contribution >= 0.6 is 0 Å². The maximum atomic E-state index is 13.1. The highest BCUT2D eigenvalue weighted by Crippen LogP contribution is 2.30. The molecule has 8 nitrogen and oxygen atoms in total. The minimum absolute atomic E-state index is 0.00993. The van der Waals surface area contributed by atoms with E-state index in [0.29, 0.717) is 43.0 Å². The summed E-state index contributed by atoms with van der Waals surface area (Å²) in [6.45, 7) is 2.47. The number of morpholine rings is 1. The van der Waals surface area contributed by atoms with Crippen molar-refractivity contribution < 1.29 is 18.3 Å². The predicted molar refractivity (Wildman–Crippen MR) is 119 cm³/mol. The highest BCUT2D eigenvalue weighted by Gasteiger charge is 2.18. The fraction of sp³-hybridized carbons (Fsp3) is 0.182. The Morgan fingerprint density at radius 2 is 1.74 bits per heavy atom. The third-order valence-electron chi connectivity index (χ3n) is 4.96. The van der Waals surface area contributed by atoms with Crippen molar-refractivity contribution in [1.29, 1.82) is 0 Å². The monoisotopic (exact) mass is 438 g/mol. The van der Waals surface area contributed by atoms with Gasteiger partial charge in [-0.1, -0.05) is 18.2 Å². The summed E-state index contributed by atoms with van der Waals surface area (Å²) in [6, 6.07) is 11.7. The molecule has 0 amide bonds. The Labute approximate surface area is 180 Å². The van der Waals surface area contributed by atoms with Crippen molar-refractivity contribution in [3.63, 3.8) is 0 Å². The van der Waals surface area contributed by atoms with Crippen molar-refractivity contribution in [2.75, 3.05) is 36.9 Å². The SMILES string of the molecule is Nc1ncc(-c2cc(N3CCOCC3)cc(S(=O)(=O)/C=C/c3ccccc3O)c2)cn1. The van der Waals surface area contributed by atoms with Crippen LogP contribution in [0.5, 0.6) is 5.75 Å². The number of para-hydroxylation sites is 1. The van der Waals surface area contributed by atoms with E-state index in [9.17, 15) is 13.5 Å². The highest BCUT2D eigenvalue weighted by atomic mass is 32.2. The number of nitrogens with two attached hydrogens (primary N) is 1. The number of hydrogen-bond acceptors (Lipinski definition) is 8. The molecule has 1 aliphatic rings. The first-order chi connectivity index (χ1) is 14.9. The average Bonchev–Trinajstić information content (AvgIpc) is 2.79. The normalized spacial score (nSPS) is 14.8. The number of phenols is 1. The van der Waals surface area contributed by atoms with Gasteiger partial charge in [-0.05, 0) is 35.9 Å². The fourth-order valence-electron chi connectivity index (χ4n) is 3.28. The van der Waals surface area contributed by atoms with E-state index >= 15 is 0 Å². The van der Waals surface area contributed by atoms with Crippen LogP contribution in [0.15, 0.2) is 65.2 Å². The topological polar surface area (TPSA) is 119 Å². The van der Waals surface area contributed by atoms with Crippen LogP contribution in [0.3, 0.4) is 0 Å². The second kappa shape index (κ2) is 8.75. The van der Waals surface area contributed by atoms with Gasteiger partial charge in [0, 0.05) is 47.7 Å². The number of benzene rings is 2. The largest absolute Gasteiger partial charge is 0.507 e. The molecule has 3 N–H and O–H groups in total. The van der Waals surface area contributed by atoms with Gasteiger partial charge in [-0.15, -0.1) is 0 Å². The lowest BCUT2D eigenvalue weighted by Gasteiger charge is -2.29. The molecule has 0 atom stereocenters. The second-order valence-electron chi connectivity index (χ2n) is 7.05. The Morgan fingerprint density at radius 1 is 1.03 bits per heavy atom. The molecular weight excluding hydrogens is 416 g/mol. The molecule has 31 heavy (non-hydrogen) atoms. The summed E-state index contributed by atoms with van der Waals surface area (Å²) < 4.78 is 31.7. The Hall–Kier alpha value is -3.43. The third-order valence-corrected chi connectivity index (χ3v) is 6.35. The Kier molecular flexibility index (Phi) is 5.88. The molecule has 1 saturated heterocycles. The zero-order chi connectivity index (χ0) is 21.8. The van der Waals surface area contributed by atoms with Crippen molar-refractivity contribution in [2.24, 2.45) is 0 Å². The first-order valence-electron chi connectivity index (χ1n) is 9.69. The van der Waals surface area contributed by atoms with E-state index in [1.165, 1.54) is 12.1 Å². The average molecular weight is 439 g/mol. The molecule has 160 valence electrons. The molecule has 4 rings (SSSR count). The lowest BCUT2D eigenvalue weighted by Crippen LogP contribution is -2.36. The molecule has 2 aromatic carbocycles. The number of aromatic hydroxyl groups is 1. The van der Waals surface area contributed by atoms with E-state index in [4.69, 9.17) is 10.5 Å². The predicted octanol–water partition coefficient (Wildman–Crippen LogP) is 2.71. The van der Waals surface area contributed by atoms with Crippen LogP contribution in [-0.2, 0) is 14.6 Å². The molecule has 2 heterocycles. The van der Waals surface area contributed by atoms with Crippen LogP contribution in [0.4, 0.5) is 11.6 Å². The van der Waals surface area contributed by atoms with E-state index in [-0.39, 0.29) is 16.6 Å². The highest BCUT2D eigenvalue weighted by molar-refractivity contribution is 7.94. The van der Waals surface area contributed by atoms with E-state index in [1.807, 2.05) is 6.07 Å². The number of nitrogen functional groups attached to an aromatic ring is 1. The molecule has 0 unspecified atom stereocenters. The van der Waals surface area contributed by atoms with Crippen molar-refractivity contribution in [3.8, 4) is 16.9 Å². The van der Waals surface area contributed by atoms with Crippen molar-refractivity contribution >= 4 is 27.5 Å². The molecule has 0 saturated carbocycles. The number of anilines is 2. The summed E-state index contributed by atoms with van der Waals surface area (Å²) in [5.74, 6) is 0.155. The van der Waals surface area contributed by atoms with Crippen LogP contribution in [0.25, 0.3) is 17.2 Å². The molecule has 9 heteroatoms. The maximum Gasteiger partial charge on any atom is 0.219 e. The molecule has 0 spiro atoms. The van der Waals surface area contributed by atoms with E-state index in [2.05, 4.69) is 14.9 Å². The first kappa shape index (κ1) is 20.8. The summed E-state index contributed by atoms with van der Waals surface area (Å²) in [5.41, 5.74) is 8.10. The maximum absolute atomic E-state index is 13.1. The summed E-state index contributed by atoms with van der Waals surface area (Å²) in [7, 11) is -3.79. The Balaban J connectivity index is 1.77. The Morgan fingerprint density at radius 3 is 2.45 bits per heavy atom. The number of hydrogen-bond donors (Lipinski definition) is 2. The molecule has 0 aliphatic carbocycles. The van der Waals surface area contributed by atoms with Gasteiger partial charge in [0.15, 0.2) is 9.84 Å². The zero-order valence-corrected chi connectivity index (χ0v) is 17.5. The van der Waals surface area contributed by atoms with Gasteiger partial charge in [-0.25, -0.2) is 18.4 Å². The van der Waals surface area contributed by atoms with Gasteiger partial charge in [-0.2, -0.15) is 0 Å². The number of phenolic OH excluding ortho intramolecular Hbond substituents is 1.